The van der Waals surface area contributed by atoms with E-state index < -0.39 is 0 Å². The predicted molar refractivity (Wildman–Crippen MR) is 114 cm³/mol. The molecular weight excluding hydrogens is 366 g/mol. The second-order valence-electron chi connectivity index (χ2n) is 7.61. The fourth-order valence-corrected chi connectivity index (χ4v) is 3.98. The second-order valence-corrected chi connectivity index (χ2v) is 7.61. The van der Waals surface area contributed by atoms with Crippen molar-refractivity contribution in [2.75, 3.05) is 43.5 Å². The summed E-state index contributed by atoms with van der Waals surface area (Å²) < 4.78 is 5.17. The lowest BCUT2D eigenvalue weighted by molar-refractivity contribution is -0.131. The van der Waals surface area contributed by atoms with Gasteiger partial charge in [0.15, 0.2) is 0 Å². The Morgan fingerprint density at radius 3 is 2.52 bits per heavy atom. The summed E-state index contributed by atoms with van der Waals surface area (Å²) in [6.07, 6.45) is 2.62. The van der Waals surface area contributed by atoms with Gasteiger partial charge in [-0.15, -0.1) is 0 Å². The summed E-state index contributed by atoms with van der Waals surface area (Å²) in [5, 5.41) is 2.93. The van der Waals surface area contributed by atoms with Crippen LogP contribution in [0.2, 0.25) is 0 Å². The number of hydrogen-bond donors (Lipinski definition) is 1. The molecule has 0 bridgehead atoms. The molecule has 0 saturated carbocycles. The van der Waals surface area contributed by atoms with E-state index >= 15 is 0 Å². The van der Waals surface area contributed by atoms with Crippen molar-refractivity contribution >= 4 is 23.2 Å². The molecule has 2 aromatic rings. The highest BCUT2D eigenvalue weighted by molar-refractivity contribution is 5.94. The van der Waals surface area contributed by atoms with Crippen molar-refractivity contribution in [2.24, 2.45) is 0 Å². The van der Waals surface area contributed by atoms with Crippen LogP contribution in [0.1, 0.15) is 24.0 Å². The number of anilines is 2. The molecule has 6 heteroatoms. The van der Waals surface area contributed by atoms with E-state index in [-0.39, 0.29) is 11.8 Å². The smallest absolute Gasteiger partial charge is 0.224 e. The van der Waals surface area contributed by atoms with E-state index in [2.05, 4.69) is 22.3 Å². The van der Waals surface area contributed by atoms with Crippen molar-refractivity contribution in [2.45, 2.75) is 25.7 Å². The minimum atomic E-state index is 0.0898. The fraction of sp³-hybridized carbons (Fsp3) is 0.391. The summed E-state index contributed by atoms with van der Waals surface area (Å²) in [6.45, 7) is 3.16. The Hall–Kier alpha value is -3.02. The van der Waals surface area contributed by atoms with Gasteiger partial charge >= 0.3 is 0 Å². The van der Waals surface area contributed by atoms with Crippen LogP contribution in [0.5, 0.6) is 5.75 Å². The van der Waals surface area contributed by atoms with Gasteiger partial charge in [-0.25, -0.2) is 0 Å². The fourth-order valence-electron chi connectivity index (χ4n) is 3.98. The van der Waals surface area contributed by atoms with Gasteiger partial charge in [-0.3, -0.25) is 9.59 Å². The Morgan fingerprint density at radius 1 is 1.03 bits per heavy atom. The van der Waals surface area contributed by atoms with Crippen molar-refractivity contribution in [3.05, 3.63) is 53.6 Å². The Balaban J connectivity index is 1.28. The first kappa shape index (κ1) is 19.3. The molecule has 1 N–H and O–H groups in total. The molecule has 6 nitrogen and oxygen atoms in total. The highest BCUT2D eigenvalue weighted by atomic mass is 16.5. The molecule has 152 valence electrons. The first-order valence-corrected chi connectivity index (χ1v) is 10.2. The summed E-state index contributed by atoms with van der Waals surface area (Å²) >= 11 is 0. The minimum Gasteiger partial charge on any atom is -0.497 e. The van der Waals surface area contributed by atoms with Gasteiger partial charge in [0.1, 0.15) is 5.75 Å². The van der Waals surface area contributed by atoms with Crippen LogP contribution in [-0.2, 0) is 22.4 Å². The number of benzene rings is 2. The number of amides is 2. The molecule has 2 aliphatic rings. The average Bonchev–Trinajstić information content (AvgIpc) is 2.77. The Morgan fingerprint density at radius 2 is 1.79 bits per heavy atom. The van der Waals surface area contributed by atoms with Crippen LogP contribution in [0.4, 0.5) is 11.4 Å². The van der Waals surface area contributed by atoms with Crippen molar-refractivity contribution in [1.82, 2.24) is 4.90 Å². The number of piperazine rings is 1. The third-order valence-electron chi connectivity index (χ3n) is 5.77. The van der Waals surface area contributed by atoms with Crippen molar-refractivity contribution in [3.63, 3.8) is 0 Å². The van der Waals surface area contributed by atoms with Gasteiger partial charge in [-0.1, -0.05) is 12.1 Å². The summed E-state index contributed by atoms with van der Waals surface area (Å²) in [7, 11) is 1.65. The normalized spacial score (nSPS) is 16.2. The van der Waals surface area contributed by atoms with Gasteiger partial charge in [-0.2, -0.15) is 0 Å². The number of aryl methyl sites for hydroxylation is 2. The predicted octanol–water partition coefficient (Wildman–Crippen LogP) is 2.86. The second kappa shape index (κ2) is 8.55. The molecule has 2 amide bonds. The zero-order valence-corrected chi connectivity index (χ0v) is 16.8. The summed E-state index contributed by atoms with van der Waals surface area (Å²) in [5.41, 5.74) is 4.45. The molecule has 2 heterocycles. The van der Waals surface area contributed by atoms with E-state index in [1.54, 1.807) is 7.11 Å². The van der Waals surface area contributed by atoms with E-state index in [0.29, 0.717) is 12.8 Å². The standard InChI is InChI=1S/C23H27N3O3/c1-29-20-7-2-17(3-8-20)4-11-23(28)26-14-12-25(13-15-26)19-6-9-21-18(16-19)5-10-22(27)24-21/h2-3,6-9,16H,4-5,10-15H2,1H3,(H,24,27). The number of methoxy groups -OCH3 is 1. The molecule has 1 fully saturated rings. The molecule has 0 spiro atoms. The molecule has 0 aliphatic carbocycles. The van der Waals surface area contributed by atoms with Crippen LogP contribution in [0.3, 0.4) is 0 Å². The molecule has 1 saturated heterocycles. The third-order valence-corrected chi connectivity index (χ3v) is 5.77. The maximum Gasteiger partial charge on any atom is 0.224 e. The molecule has 4 rings (SSSR count). The van der Waals surface area contributed by atoms with Crippen molar-refractivity contribution < 1.29 is 14.3 Å². The van der Waals surface area contributed by atoms with E-state index in [0.717, 1.165) is 56.0 Å². The number of hydrogen-bond acceptors (Lipinski definition) is 4. The number of rotatable bonds is 5. The first-order chi connectivity index (χ1) is 14.1. The monoisotopic (exact) mass is 393 g/mol. The van der Waals surface area contributed by atoms with Crippen LogP contribution in [0.15, 0.2) is 42.5 Å². The molecule has 0 aromatic heterocycles. The highest BCUT2D eigenvalue weighted by Gasteiger charge is 2.22. The topological polar surface area (TPSA) is 61.9 Å². The van der Waals surface area contributed by atoms with E-state index in [1.807, 2.05) is 35.2 Å². The van der Waals surface area contributed by atoms with Gasteiger partial charge in [-0.05, 0) is 54.3 Å². The quantitative estimate of drug-likeness (QED) is 0.849. The maximum absolute atomic E-state index is 12.6. The van der Waals surface area contributed by atoms with Gasteiger partial charge in [0, 0.05) is 50.4 Å². The lowest BCUT2D eigenvalue weighted by Crippen LogP contribution is -2.48. The first-order valence-electron chi connectivity index (χ1n) is 10.2. The molecule has 2 aliphatic heterocycles. The zero-order chi connectivity index (χ0) is 20.2. The van der Waals surface area contributed by atoms with E-state index in [1.165, 1.54) is 11.3 Å². The average molecular weight is 393 g/mol. The maximum atomic E-state index is 12.6. The van der Waals surface area contributed by atoms with Crippen LogP contribution >= 0.6 is 0 Å². The van der Waals surface area contributed by atoms with Gasteiger partial charge in [0.05, 0.1) is 7.11 Å². The SMILES string of the molecule is COc1ccc(CCC(=O)N2CCN(c3ccc4c(c3)CCC(=O)N4)CC2)cc1. The van der Waals surface area contributed by atoms with Gasteiger partial charge in [0.25, 0.3) is 0 Å². The summed E-state index contributed by atoms with van der Waals surface area (Å²) in [4.78, 5) is 28.4. The minimum absolute atomic E-state index is 0.0898. The van der Waals surface area contributed by atoms with Crippen LogP contribution in [-0.4, -0.2) is 50.0 Å². The number of nitrogens with zero attached hydrogens (tertiary/aromatic N) is 2. The summed E-state index contributed by atoms with van der Waals surface area (Å²) in [6, 6.07) is 14.1. The van der Waals surface area contributed by atoms with Crippen molar-refractivity contribution in [1.29, 1.82) is 0 Å². The van der Waals surface area contributed by atoms with Crippen LogP contribution in [0, 0.1) is 0 Å². The van der Waals surface area contributed by atoms with Crippen LogP contribution < -0.4 is 15.0 Å². The van der Waals surface area contributed by atoms with Crippen molar-refractivity contribution in [3.8, 4) is 5.75 Å². The molecular formula is C23H27N3O3. The molecule has 0 radical (unpaired) electrons. The molecule has 29 heavy (non-hydrogen) atoms. The van der Waals surface area contributed by atoms with Gasteiger partial charge < -0.3 is 19.9 Å². The number of carbonyl (C=O) groups is 2. The largest absolute Gasteiger partial charge is 0.497 e. The van der Waals surface area contributed by atoms with Crippen LogP contribution in [0.25, 0.3) is 0 Å². The molecule has 2 aromatic carbocycles. The van der Waals surface area contributed by atoms with E-state index in [9.17, 15) is 9.59 Å². The highest BCUT2D eigenvalue weighted by Crippen LogP contribution is 2.28. The lowest BCUT2D eigenvalue weighted by Gasteiger charge is -2.36. The number of carbonyl (C=O) groups excluding carboxylic acids is 2. The number of ether oxygens (including phenoxy) is 1. The molecule has 0 atom stereocenters. The summed E-state index contributed by atoms with van der Waals surface area (Å²) in [5.74, 6) is 1.14. The number of nitrogens with one attached hydrogen (secondary N) is 1. The van der Waals surface area contributed by atoms with Gasteiger partial charge in [0.2, 0.25) is 11.8 Å². The Bertz CT molecular complexity index is 887. The lowest BCUT2D eigenvalue weighted by atomic mass is 10.0. The number of fused-ring (bicyclic) bond motifs is 1. The Labute approximate surface area is 171 Å². The Kier molecular flexibility index (Phi) is 5.69. The van der Waals surface area contributed by atoms with E-state index in [4.69, 9.17) is 4.74 Å². The third kappa shape index (κ3) is 4.53. The molecule has 0 unspecified atom stereocenters. The zero-order valence-electron chi connectivity index (χ0n) is 16.8.